The highest BCUT2D eigenvalue weighted by atomic mass is 35.5. The quantitative estimate of drug-likeness (QED) is 0.718. The van der Waals surface area contributed by atoms with E-state index < -0.39 is 0 Å². The molecule has 2 aromatic rings. The molecule has 1 aliphatic rings. The van der Waals surface area contributed by atoms with E-state index in [9.17, 15) is 0 Å². The molecule has 2 heterocycles. The predicted octanol–water partition coefficient (Wildman–Crippen LogP) is 1.65. The van der Waals surface area contributed by atoms with Gasteiger partial charge < -0.3 is 4.74 Å². The van der Waals surface area contributed by atoms with Crippen molar-refractivity contribution in [2.45, 2.75) is 25.5 Å². The van der Waals surface area contributed by atoms with Gasteiger partial charge in [0, 0.05) is 17.0 Å². The van der Waals surface area contributed by atoms with Crippen LogP contribution in [0.5, 0.6) is 0 Å². The largest absolute Gasteiger partial charge is 0.356 e. The monoisotopic (exact) mass is 248 g/mol. The fourth-order valence-electron chi connectivity index (χ4n) is 2.38. The van der Waals surface area contributed by atoms with Crippen molar-refractivity contribution in [1.82, 2.24) is 9.78 Å². The molecule has 0 saturated carbocycles. The first kappa shape index (κ1) is 11.1. The first-order valence-electron chi connectivity index (χ1n) is 6.01. The molecule has 0 aliphatic carbocycles. The number of benzene rings is 1. The molecule has 3 nitrogen and oxygen atoms in total. The van der Waals surface area contributed by atoms with E-state index >= 15 is 0 Å². The average Bonchev–Trinajstić information content (AvgIpc) is 2.79. The van der Waals surface area contributed by atoms with Gasteiger partial charge in [-0.25, -0.2) is 4.68 Å². The van der Waals surface area contributed by atoms with Gasteiger partial charge in [0.05, 0.1) is 11.7 Å². The van der Waals surface area contributed by atoms with Crippen LogP contribution in [-0.4, -0.2) is 24.2 Å². The number of hydrogen-bond donors (Lipinski definition) is 0. The molecule has 0 spiro atoms. The summed E-state index contributed by atoms with van der Waals surface area (Å²) in [5.41, 5.74) is 2.20. The fourth-order valence-corrected chi connectivity index (χ4v) is 2.54. The number of nitrogens with zero attached hydrogens (tertiary/aromatic N) is 2. The van der Waals surface area contributed by atoms with Crippen LogP contribution in [0.4, 0.5) is 0 Å². The molecule has 17 heavy (non-hydrogen) atoms. The Morgan fingerprint density at radius 1 is 1.41 bits per heavy atom. The molecule has 1 atom stereocenters. The highest BCUT2D eigenvalue weighted by Crippen LogP contribution is 2.26. The topological polar surface area (TPSA) is 27.1 Å². The van der Waals surface area contributed by atoms with E-state index in [0.717, 1.165) is 40.8 Å². The molecular weight excluding hydrogens is 234 g/mol. The van der Waals surface area contributed by atoms with Crippen molar-refractivity contribution in [2.24, 2.45) is 0 Å². The van der Waals surface area contributed by atoms with Gasteiger partial charge in [0.25, 0.3) is 0 Å². The molecule has 88 valence electrons. The summed E-state index contributed by atoms with van der Waals surface area (Å²) in [5.74, 6) is 0. The summed E-state index contributed by atoms with van der Waals surface area (Å²) in [7, 11) is 2.03. The molecule has 0 N–H and O–H groups in total. The molecule has 1 unspecified atom stereocenters. The Hall–Kier alpha value is -0.995. The Morgan fingerprint density at radius 3 is 3.06 bits per heavy atom. The molecule has 5 heteroatoms. The number of ether oxygens (including phenoxy) is 1. The maximum absolute atomic E-state index is 6.11. The Labute approximate surface area is 106 Å². The number of hydrogen-bond acceptors (Lipinski definition) is 2. The van der Waals surface area contributed by atoms with Crippen LogP contribution in [0, 0.1) is 0 Å². The highest BCUT2D eigenvalue weighted by Gasteiger charge is 2.19. The van der Waals surface area contributed by atoms with Crippen molar-refractivity contribution in [3.8, 4) is 0 Å². The van der Waals surface area contributed by atoms with Gasteiger partial charge in [-0.1, -0.05) is 17.1 Å². The Bertz CT molecular complexity index is 549. The van der Waals surface area contributed by atoms with Gasteiger partial charge in [-0.05, 0) is 31.4 Å². The van der Waals surface area contributed by atoms with Crippen LogP contribution < -0.4 is 5.46 Å². The lowest BCUT2D eigenvalue weighted by atomic mass is 9.92. The first-order chi connectivity index (χ1) is 8.27. The molecule has 1 aliphatic heterocycles. The van der Waals surface area contributed by atoms with Crippen LogP contribution in [-0.2, 0) is 4.74 Å². The van der Waals surface area contributed by atoms with Crippen LogP contribution in [0.15, 0.2) is 18.3 Å². The van der Waals surface area contributed by atoms with Crippen LogP contribution >= 0.6 is 11.6 Å². The van der Waals surface area contributed by atoms with E-state index in [0.29, 0.717) is 0 Å². The van der Waals surface area contributed by atoms with E-state index in [4.69, 9.17) is 16.3 Å². The number of aromatic nitrogens is 2. The third-order valence-corrected chi connectivity index (χ3v) is 3.82. The minimum absolute atomic E-state index is 0.0850. The lowest BCUT2D eigenvalue weighted by molar-refractivity contribution is -0.0366. The molecule has 0 bridgehead atoms. The zero-order valence-electron chi connectivity index (χ0n) is 9.82. The van der Waals surface area contributed by atoms with Crippen LogP contribution in [0.3, 0.4) is 0 Å². The zero-order valence-corrected chi connectivity index (χ0v) is 10.6. The molecule has 1 saturated heterocycles. The van der Waals surface area contributed by atoms with Crippen LogP contribution in [0.25, 0.3) is 10.9 Å². The SMILES string of the molecule is Bc1c(Cl)ccc2c1cnn2C1CCCCO1. The first-order valence-corrected chi connectivity index (χ1v) is 6.39. The average molecular weight is 249 g/mol. The molecule has 3 rings (SSSR count). The Kier molecular flexibility index (Phi) is 2.85. The smallest absolute Gasteiger partial charge is 0.150 e. The number of fused-ring (bicyclic) bond motifs is 1. The Balaban J connectivity index is 2.08. The van der Waals surface area contributed by atoms with Gasteiger partial charge in [0.2, 0.25) is 0 Å². The van der Waals surface area contributed by atoms with Crippen molar-refractivity contribution in [2.75, 3.05) is 6.61 Å². The Morgan fingerprint density at radius 2 is 2.29 bits per heavy atom. The fraction of sp³-hybridized carbons (Fsp3) is 0.417. The molecular formula is C12H14BClN2O. The van der Waals surface area contributed by atoms with E-state index in [-0.39, 0.29) is 6.23 Å². The normalized spacial score (nSPS) is 20.9. The lowest BCUT2D eigenvalue weighted by Crippen LogP contribution is -2.19. The van der Waals surface area contributed by atoms with Crippen LogP contribution in [0.2, 0.25) is 5.02 Å². The summed E-state index contributed by atoms with van der Waals surface area (Å²) in [6.07, 6.45) is 5.37. The zero-order chi connectivity index (χ0) is 11.8. The van der Waals surface area contributed by atoms with Gasteiger partial charge >= 0.3 is 0 Å². The van der Waals surface area contributed by atoms with Crippen molar-refractivity contribution in [3.05, 3.63) is 23.4 Å². The molecule has 0 amide bonds. The molecule has 1 fully saturated rings. The highest BCUT2D eigenvalue weighted by molar-refractivity contribution is 6.49. The second kappa shape index (κ2) is 4.35. The van der Waals surface area contributed by atoms with Gasteiger partial charge in [-0.3, -0.25) is 0 Å². The number of rotatable bonds is 1. The summed E-state index contributed by atoms with van der Waals surface area (Å²) in [4.78, 5) is 0. The van der Waals surface area contributed by atoms with Crippen molar-refractivity contribution in [1.29, 1.82) is 0 Å². The van der Waals surface area contributed by atoms with Gasteiger partial charge in [0.1, 0.15) is 7.85 Å². The summed E-state index contributed by atoms with van der Waals surface area (Å²) >= 11 is 6.11. The molecule has 1 aromatic carbocycles. The number of halogens is 1. The predicted molar refractivity (Wildman–Crippen MR) is 71.8 cm³/mol. The van der Waals surface area contributed by atoms with Gasteiger partial charge in [-0.15, -0.1) is 0 Å². The summed E-state index contributed by atoms with van der Waals surface area (Å²) in [5, 5.41) is 6.36. The standard InChI is InChI=1S/C12H14BClN2O/c13-12-8-7-15-16(10(8)5-4-9(12)14)11-3-1-2-6-17-11/h4-5,7,11H,1-3,6,13H2. The minimum Gasteiger partial charge on any atom is -0.356 e. The summed E-state index contributed by atoms with van der Waals surface area (Å²) in [6.45, 7) is 0.832. The second-order valence-electron chi connectivity index (χ2n) is 4.52. The second-order valence-corrected chi connectivity index (χ2v) is 4.92. The third kappa shape index (κ3) is 1.85. The van der Waals surface area contributed by atoms with Crippen molar-refractivity contribution in [3.63, 3.8) is 0 Å². The van der Waals surface area contributed by atoms with E-state index in [2.05, 4.69) is 5.10 Å². The van der Waals surface area contributed by atoms with E-state index in [1.165, 1.54) is 6.42 Å². The lowest BCUT2D eigenvalue weighted by Gasteiger charge is -2.23. The maximum atomic E-state index is 6.11. The minimum atomic E-state index is 0.0850. The van der Waals surface area contributed by atoms with Gasteiger partial charge in [-0.2, -0.15) is 5.10 Å². The van der Waals surface area contributed by atoms with E-state index in [1.807, 2.05) is 30.9 Å². The van der Waals surface area contributed by atoms with Crippen molar-refractivity contribution >= 4 is 35.8 Å². The maximum Gasteiger partial charge on any atom is 0.150 e. The van der Waals surface area contributed by atoms with Gasteiger partial charge in [0.15, 0.2) is 6.23 Å². The summed E-state index contributed by atoms with van der Waals surface area (Å²) < 4.78 is 7.75. The van der Waals surface area contributed by atoms with Crippen LogP contribution in [0.1, 0.15) is 25.5 Å². The third-order valence-electron chi connectivity index (χ3n) is 3.41. The van der Waals surface area contributed by atoms with E-state index in [1.54, 1.807) is 0 Å². The molecule has 0 radical (unpaired) electrons. The summed E-state index contributed by atoms with van der Waals surface area (Å²) in [6, 6.07) is 3.95. The van der Waals surface area contributed by atoms with Crippen molar-refractivity contribution < 1.29 is 4.74 Å². The molecule has 1 aromatic heterocycles.